The Kier molecular flexibility index (Phi) is 7.25. The van der Waals surface area contributed by atoms with Gasteiger partial charge >= 0.3 is 0 Å². The molecule has 66 heavy (non-hydrogen) atoms. The Labute approximate surface area is 380 Å². The molecule has 0 saturated heterocycles. The van der Waals surface area contributed by atoms with Crippen LogP contribution in [0.1, 0.15) is 0 Å². The molecular weight excluding hydrogens is 797 g/mol. The minimum Gasteiger partial charge on any atom is -0.309 e. The second-order valence-corrected chi connectivity index (χ2v) is 18.1. The molecule has 0 radical (unpaired) electrons. The van der Waals surface area contributed by atoms with Crippen molar-refractivity contribution in [3.8, 4) is 55.9 Å². The van der Waals surface area contributed by atoms with Gasteiger partial charge in [0.1, 0.15) is 0 Å². The van der Waals surface area contributed by atoms with Gasteiger partial charge in [0.15, 0.2) is 0 Å². The fourth-order valence-electron chi connectivity index (χ4n) is 11.6. The lowest BCUT2D eigenvalue weighted by Gasteiger charge is -2.13. The molecule has 12 aromatic carbocycles. The maximum Gasteiger partial charge on any atom is 0.0619 e. The quantitative estimate of drug-likeness (QED) is 0.167. The zero-order valence-electron chi connectivity index (χ0n) is 35.8. The summed E-state index contributed by atoms with van der Waals surface area (Å²) in [7, 11) is 0. The molecule has 14 aromatic rings. The maximum atomic E-state index is 2.49. The van der Waals surface area contributed by atoms with Gasteiger partial charge in [0.05, 0.1) is 22.1 Å². The van der Waals surface area contributed by atoms with Crippen molar-refractivity contribution in [3.63, 3.8) is 0 Å². The van der Waals surface area contributed by atoms with Crippen LogP contribution >= 0.6 is 0 Å². The molecule has 2 aromatic heterocycles. The minimum absolute atomic E-state index is 1.16. The van der Waals surface area contributed by atoms with Crippen LogP contribution in [0.5, 0.6) is 0 Å². The third-order valence-corrected chi connectivity index (χ3v) is 14.6. The van der Waals surface area contributed by atoms with Crippen molar-refractivity contribution in [1.82, 2.24) is 9.13 Å². The summed E-state index contributed by atoms with van der Waals surface area (Å²) >= 11 is 0. The van der Waals surface area contributed by atoms with E-state index >= 15 is 0 Å². The van der Waals surface area contributed by atoms with Crippen molar-refractivity contribution in [2.24, 2.45) is 0 Å². The number of hydrogen-bond acceptors (Lipinski definition) is 0. The van der Waals surface area contributed by atoms with Crippen LogP contribution < -0.4 is 0 Å². The summed E-state index contributed by atoms with van der Waals surface area (Å²) in [6.45, 7) is 0. The van der Waals surface area contributed by atoms with E-state index in [2.05, 4.69) is 240 Å². The topological polar surface area (TPSA) is 9.86 Å². The summed E-state index contributed by atoms with van der Waals surface area (Å²) < 4.78 is 4.91. The summed E-state index contributed by atoms with van der Waals surface area (Å²) in [6.07, 6.45) is 0. The predicted octanol–water partition coefficient (Wildman–Crippen LogP) is 17.5. The fraction of sp³-hybridized carbons (Fsp3) is 0. The highest BCUT2D eigenvalue weighted by molar-refractivity contribution is 6.23. The summed E-state index contributed by atoms with van der Waals surface area (Å²) in [5.41, 5.74) is 17.4. The van der Waals surface area contributed by atoms with Gasteiger partial charge in [-0.1, -0.05) is 158 Å². The van der Waals surface area contributed by atoms with Crippen molar-refractivity contribution in [3.05, 3.63) is 231 Å². The first-order valence-electron chi connectivity index (χ1n) is 22.9. The average Bonchev–Trinajstić information content (AvgIpc) is 4.02. The monoisotopic (exact) mass is 834 g/mol. The zero-order valence-corrected chi connectivity index (χ0v) is 35.8. The van der Waals surface area contributed by atoms with Crippen molar-refractivity contribution >= 4 is 86.7 Å². The molecule has 2 heterocycles. The second-order valence-electron chi connectivity index (χ2n) is 18.1. The molecule has 0 N–H and O–H groups in total. The van der Waals surface area contributed by atoms with E-state index < -0.39 is 0 Å². The molecule has 0 bridgehead atoms. The van der Waals surface area contributed by atoms with E-state index in [9.17, 15) is 0 Å². The maximum absolute atomic E-state index is 2.49. The number of benzene rings is 12. The first-order chi connectivity index (χ1) is 32.7. The molecule has 15 rings (SSSR count). The lowest BCUT2D eigenvalue weighted by molar-refractivity contribution is 1.18. The lowest BCUT2D eigenvalue weighted by atomic mass is 9.95. The highest BCUT2D eigenvalue weighted by Gasteiger charge is 2.23. The van der Waals surface area contributed by atoms with Gasteiger partial charge in [0.2, 0.25) is 0 Å². The first kappa shape index (κ1) is 35.7. The Bertz CT molecular complexity index is 4390. The first-order valence-corrected chi connectivity index (χ1v) is 22.9. The highest BCUT2D eigenvalue weighted by atomic mass is 15.0. The Balaban J connectivity index is 0.893. The molecule has 0 aliphatic heterocycles. The van der Waals surface area contributed by atoms with E-state index in [0.717, 1.165) is 5.69 Å². The molecule has 304 valence electrons. The predicted molar refractivity (Wildman–Crippen MR) is 280 cm³/mol. The van der Waals surface area contributed by atoms with Crippen LogP contribution in [0, 0.1) is 0 Å². The Hall–Kier alpha value is -8.72. The van der Waals surface area contributed by atoms with Gasteiger partial charge in [-0.25, -0.2) is 0 Å². The molecule has 0 saturated carbocycles. The van der Waals surface area contributed by atoms with E-state index in [-0.39, 0.29) is 0 Å². The van der Waals surface area contributed by atoms with Gasteiger partial charge in [-0.2, -0.15) is 0 Å². The van der Waals surface area contributed by atoms with Gasteiger partial charge in [0, 0.05) is 38.3 Å². The van der Waals surface area contributed by atoms with Crippen molar-refractivity contribution in [2.45, 2.75) is 0 Å². The molecular formula is C64H38N2. The van der Waals surface area contributed by atoms with Gasteiger partial charge in [-0.05, 0) is 155 Å². The Morgan fingerprint density at radius 3 is 1.65 bits per heavy atom. The smallest absolute Gasteiger partial charge is 0.0619 e. The van der Waals surface area contributed by atoms with Gasteiger partial charge in [-0.15, -0.1) is 0 Å². The van der Waals surface area contributed by atoms with Crippen LogP contribution in [-0.2, 0) is 0 Å². The van der Waals surface area contributed by atoms with E-state index in [4.69, 9.17) is 0 Å². The second kappa shape index (κ2) is 13.4. The summed E-state index contributed by atoms with van der Waals surface area (Å²) in [5, 5.41) is 15.2. The summed E-state index contributed by atoms with van der Waals surface area (Å²) in [6, 6.07) is 85.9. The number of para-hydroxylation sites is 1. The molecule has 1 aliphatic rings. The van der Waals surface area contributed by atoms with Crippen molar-refractivity contribution < 1.29 is 0 Å². The fourth-order valence-corrected chi connectivity index (χ4v) is 11.6. The van der Waals surface area contributed by atoms with Gasteiger partial charge in [-0.3, -0.25) is 0 Å². The molecule has 0 amide bonds. The van der Waals surface area contributed by atoms with Crippen LogP contribution in [0.15, 0.2) is 231 Å². The van der Waals surface area contributed by atoms with Crippen LogP contribution in [0.3, 0.4) is 0 Å². The molecule has 0 atom stereocenters. The van der Waals surface area contributed by atoms with E-state index in [0.29, 0.717) is 0 Å². The number of rotatable bonds is 4. The molecule has 0 fully saturated rings. The summed E-state index contributed by atoms with van der Waals surface area (Å²) in [4.78, 5) is 0. The number of aromatic nitrogens is 2. The molecule has 2 heteroatoms. The minimum atomic E-state index is 1.16. The average molecular weight is 835 g/mol. The van der Waals surface area contributed by atoms with Crippen LogP contribution in [0.4, 0.5) is 0 Å². The molecule has 1 aliphatic carbocycles. The SMILES string of the molecule is c1ccc(-n2c3ccc(-c4ccc5c(c4)c4ccc6ccccc6c4n5-c4ccc5cc(-c6cc7c8c(cccc8c6)-c6ccccc6-7)ccc5c4)cc3c3c4ccccc4ccc32)cc1. The Morgan fingerprint density at radius 1 is 0.227 bits per heavy atom. The number of nitrogens with zero attached hydrogens (tertiary/aromatic N) is 2. The van der Waals surface area contributed by atoms with E-state index in [1.54, 1.807) is 0 Å². The van der Waals surface area contributed by atoms with Gasteiger partial charge < -0.3 is 9.13 Å². The van der Waals surface area contributed by atoms with Crippen molar-refractivity contribution in [2.75, 3.05) is 0 Å². The highest BCUT2D eigenvalue weighted by Crippen LogP contribution is 2.49. The third-order valence-electron chi connectivity index (χ3n) is 14.6. The number of hydrogen-bond donors (Lipinski definition) is 0. The number of fused-ring (bicyclic) bond motifs is 14. The van der Waals surface area contributed by atoms with Crippen LogP contribution in [-0.4, -0.2) is 9.13 Å². The molecule has 2 nitrogen and oxygen atoms in total. The standard InChI is InChI=1S/C64H38N2/c1-2-14-48(15-3-1)65-60-31-27-45(37-58(60)63-50-16-6-4-11-39(50)25-32-61(63)65)44-26-30-59-56(36-44)55-29-24-40-12-5-7-17-51(40)64(55)66(59)49-28-23-41-33-42(21-22-43(41)35-49)47-34-46-13-10-20-54-52-18-8-9-19-53(52)57(38-47)62(46)54/h1-38H. The largest absolute Gasteiger partial charge is 0.309 e. The third kappa shape index (κ3) is 5.01. The van der Waals surface area contributed by atoms with E-state index in [1.807, 2.05) is 0 Å². The van der Waals surface area contributed by atoms with Crippen molar-refractivity contribution in [1.29, 1.82) is 0 Å². The normalized spacial score (nSPS) is 12.2. The Morgan fingerprint density at radius 2 is 0.803 bits per heavy atom. The molecule has 0 spiro atoms. The van der Waals surface area contributed by atoms with Gasteiger partial charge in [0.25, 0.3) is 0 Å². The van der Waals surface area contributed by atoms with Crippen LogP contribution in [0.25, 0.3) is 143 Å². The molecule has 0 unspecified atom stereocenters. The van der Waals surface area contributed by atoms with E-state index in [1.165, 1.54) is 137 Å². The summed E-state index contributed by atoms with van der Waals surface area (Å²) in [5.74, 6) is 0. The van der Waals surface area contributed by atoms with Crippen LogP contribution in [0.2, 0.25) is 0 Å². The zero-order chi connectivity index (χ0) is 43.0. The lowest BCUT2D eigenvalue weighted by Crippen LogP contribution is -1.95.